The molecule has 3 amide bonds. The zero-order valence-electron chi connectivity index (χ0n) is 20.7. The number of fused-ring (bicyclic) bond motifs is 1. The average Bonchev–Trinajstić information content (AvgIpc) is 3.24. The van der Waals surface area contributed by atoms with Crippen molar-refractivity contribution in [1.29, 1.82) is 5.26 Å². The number of nitriles is 1. The van der Waals surface area contributed by atoms with Crippen LogP contribution < -0.4 is 25.4 Å². The number of aromatic carboxylic acids is 1. The van der Waals surface area contributed by atoms with Gasteiger partial charge in [-0.3, -0.25) is 4.79 Å². The van der Waals surface area contributed by atoms with E-state index in [9.17, 15) is 19.5 Å². The molecule has 4 N–H and O–H groups in total. The third-order valence-corrected chi connectivity index (χ3v) is 5.82. The molecule has 4 aromatic rings. The Bertz CT molecular complexity index is 1620. The van der Waals surface area contributed by atoms with Crippen LogP contribution in [0.3, 0.4) is 0 Å². The highest BCUT2D eigenvalue weighted by molar-refractivity contribution is 6.09. The Morgan fingerprint density at radius 3 is 2.37 bits per heavy atom. The molecule has 0 atom stereocenters. The lowest BCUT2D eigenvalue weighted by Crippen LogP contribution is -2.20. The van der Waals surface area contributed by atoms with Crippen molar-refractivity contribution in [1.82, 2.24) is 4.57 Å². The molecule has 11 nitrogen and oxygen atoms in total. The molecule has 4 rings (SSSR count). The molecule has 0 aliphatic rings. The van der Waals surface area contributed by atoms with Gasteiger partial charge in [0.1, 0.15) is 17.2 Å². The van der Waals surface area contributed by atoms with E-state index in [2.05, 4.69) is 16.0 Å². The second-order valence-electron chi connectivity index (χ2n) is 8.14. The van der Waals surface area contributed by atoms with E-state index in [4.69, 9.17) is 14.7 Å². The maximum absolute atomic E-state index is 13.0. The molecule has 0 aliphatic heterocycles. The zero-order chi connectivity index (χ0) is 27.4. The Morgan fingerprint density at radius 2 is 1.68 bits per heavy atom. The molecule has 0 aliphatic carbocycles. The number of carbonyl (C=O) groups is 3. The first-order valence-corrected chi connectivity index (χ1v) is 11.2. The lowest BCUT2D eigenvalue weighted by Gasteiger charge is -2.13. The number of ether oxygens (including phenoxy) is 2. The second-order valence-corrected chi connectivity index (χ2v) is 8.14. The molecule has 3 aromatic carbocycles. The maximum atomic E-state index is 13.0. The van der Waals surface area contributed by atoms with Crippen LogP contribution in [0.5, 0.6) is 11.5 Å². The first kappa shape index (κ1) is 25.6. The first-order valence-electron chi connectivity index (χ1n) is 11.2. The van der Waals surface area contributed by atoms with Gasteiger partial charge < -0.3 is 35.1 Å². The van der Waals surface area contributed by atoms with Gasteiger partial charge in [0.15, 0.2) is 0 Å². The topological polar surface area (TPSA) is 155 Å². The fourth-order valence-corrected chi connectivity index (χ4v) is 3.91. The predicted octanol–water partition coefficient (Wildman–Crippen LogP) is 4.66. The minimum Gasteiger partial charge on any atom is -0.497 e. The van der Waals surface area contributed by atoms with Crippen molar-refractivity contribution in [3.05, 3.63) is 77.5 Å². The molecule has 11 heteroatoms. The van der Waals surface area contributed by atoms with Crippen LogP contribution in [0.2, 0.25) is 0 Å². The number of benzene rings is 3. The van der Waals surface area contributed by atoms with Gasteiger partial charge in [0.05, 0.1) is 48.3 Å². The van der Waals surface area contributed by atoms with Gasteiger partial charge in [-0.25, -0.2) is 9.59 Å². The van der Waals surface area contributed by atoms with Gasteiger partial charge in [0.25, 0.3) is 5.91 Å². The van der Waals surface area contributed by atoms with E-state index in [0.29, 0.717) is 28.4 Å². The van der Waals surface area contributed by atoms with E-state index in [1.54, 1.807) is 54.1 Å². The summed E-state index contributed by atoms with van der Waals surface area (Å²) in [5, 5.41) is 27.3. The summed E-state index contributed by atoms with van der Waals surface area (Å²) in [4.78, 5) is 37.3. The number of urea groups is 1. The highest BCUT2D eigenvalue weighted by Crippen LogP contribution is 2.29. The fourth-order valence-electron chi connectivity index (χ4n) is 3.91. The maximum Gasteiger partial charge on any atom is 0.337 e. The van der Waals surface area contributed by atoms with Crippen LogP contribution in [-0.2, 0) is 7.05 Å². The minimum atomic E-state index is -1.27. The number of hydrogen-bond donors (Lipinski definition) is 4. The summed E-state index contributed by atoms with van der Waals surface area (Å²) in [6.07, 6.45) is 0. The molecular weight excluding hydrogens is 490 g/mol. The molecule has 0 unspecified atom stereocenters. The van der Waals surface area contributed by atoms with Crippen molar-refractivity contribution < 1.29 is 29.0 Å². The molecular formula is C27H23N5O6. The molecule has 1 heterocycles. The van der Waals surface area contributed by atoms with Crippen molar-refractivity contribution in [2.24, 2.45) is 7.05 Å². The van der Waals surface area contributed by atoms with E-state index in [0.717, 1.165) is 5.39 Å². The number of aromatic nitrogens is 1. The van der Waals surface area contributed by atoms with Crippen LogP contribution in [-0.4, -0.2) is 41.8 Å². The lowest BCUT2D eigenvalue weighted by atomic mass is 10.1. The minimum absolute atomic E-state index is 0.0683. The fraction of sp³-hybridized carbons (Fsp3) is 0.111. The largest absolute Gasteiger partial charge is 0.497 e. The number of methoxy groups -OCH3 is 2. The Balaban J connectivity index is 1.55. The molecule has 0 radical (unpaired) electrons. The Hall–Kier alpha value is -5.50. The number of carboxylic acids is 1. The smallest absolute Gasteiger partial charge is 0.337 e. The highest BCUT2D eigenvalue weighted by atomic mass is 16.5. The third kappa shape index (κ3) is 5.19. The van der Waals surface area contributed by atoms with Crippen LogP contribution in [0.1, 0.15) is 26.4 Å². The predicted molar refractivity (Wildman–Crippen MR) is 141 cm³/mol. The lowest BCUT2D eigenvalue weighted by molar-refractivity contribution is 0.0698. The summed E-state index contributed by atoms with van der Waals surface area (Å²) in [5.74, 6) is -0.792. The first-order chi connectivity index (χ1) is 18.2. The van der Waals surface area contributed by atoms with Gasteiger partial charge in [-0.2, -0.15) is 5.26 Å². The number of rotatable bonds is 7. The summed E-state index contributed by atoms with van der Waals surface area (Å²) in [6.45, 7) is 0. The highest BCUT2D eigenvalue weighted by Gasteiger charge is 2.18. The number of nitrogens with one attached hydrogen (secondary N) is 3. The number of hydrogen-bond acceptors (Lipinski definition) is 6. The average molecular weight is 514 g/mol. The van der Waals surface area contributed by atoms with Crippen LogP contribution in [0, 0.1) is 11.3 Å². The van der Waals surface area contributed by atoms with E-state index in [1.165, 1.54) is 32.4 Å². The molecule has 0 saturated carbocycles. The van der Waals surface area contributed by atoms with E-state index in [1.807, 2.05) is 6.07 Å². The Labute approximate surface area is 217 Å². The van der Waals surface area contributed by atoms with Crippen molar-refractivity contribution >= 4 is 45.9 Å². The summed E-state index contributed by atoms with van der Waals surface area (Å²) in [5.41, 5.74) is 1.87. The summed E-state index contributed by atoms with van der Waals surface area (Å²) >= 11 is 0. The zero-order valence-corrected chi connectivity index (χ0v) is 20.7. The van der Waals surface area contributed by atoms with E-state index in [-0.39, 0.29) is 22.5 Å². The molecule has 192 valence electrons. The van der Waals surface area contributed by atoms with Crippen molar-refractivity contribution in [3.8, 4) is 17.6 Å². The van der Waals surface area contributed by atoms with Crippen LogP contribution in [0.4, 0.5) is 21.9 Å². The van der Waals surface area contributed by atoms with Crippen molar-refractivity contribution in [2.75, 3.05) is 30.2 Å². The van der Waals surface area contributed by atoms with Gasteiger partial charge in [0, 0.05) is 24.2 Å². The van der Waals surface area contributed by atoms with Crippen molar-refractivity contribution in [3.63, 3.8) is 0 Å². The molecule has 1 aromatic heterocycles. The number of anilines is 3. The summed E-state index contributed by atoms with van der Waals surface area (Å²) in [6, 6.07) is 17.2. The number of aryl methyl sites for hydroxylation is 1. The molecule has 0 spiro atoms. The van der Waals surface area contributed by atoms with Gasteiger partial charge >= 0.3 is 12.0 Å². The van der Waals surface area contributed by atoms with E-state index < -0.39 is 17.9 Å². The summed E-state index contributed by atoms with van der Waals surface area (Å²) < 4.78 is 12.1. The molecule has 0 fully saturated rings. The standard InChI is InChI=1S/C27H23N5O6/c1-32-22-12-17(29-27(36)31-21-13-18(37-2)7-9-24(21)38-3)6-5-16(22)11-23(32)25(33)30-20-8-4-15(14-28)10-19(20)26(34)35/h4-13H,1-3H3,(H,30,33)(H,34,35)(H2,29,31,36). The van der Waals surface area contributed by atoms with Gasteiger partial charge in [-0.1, -0.05) is 6.07 Å². The van der Waals surface area contributed by atoms with Crippen LogP contribution in [0.25, 0.3) is 10.9 Å². The van der Waals surface area contributed by atoms with Crippen LogP contribution >= 0.6 is 0 Å². The number of carbonyl (C=O) groups excluding carboxylic acids is 2. The second kappa shape index (κ2) is 10.6. The van der Waals surface area contributed by atoms with Gasteiger partial charge in [-0.05, 0) is 48.5 Å². The number of carboxylic acid groups (broad SMARTS) is 1. The van der Waals surface area contributed by atoms with E-state index >= 15 is 0 Å². The molecule has 0 bridgehead atoms. The van der Waals surface area contributed by atoms with Crippen LogP contribution in [0.15, 0.2) is 60.7 Å². The third-order valence-electron chi connectivity index (χ3n) is 5.82. The van der Waals surface area contributed by atoms with Gasteiger partial charge in [0.2, 0.25) is 0 Å². The normalized spacial score (nSPS) is 10.4. The Kier molecular flexibility index (Phi) is 7.16. The SMILES string of the molecule is COc1ccc(OC)c(NC(=O)Nc2ccc3cc(C(=O)Nc4ccc(C#N)cc4C(=O)O)n(C)c3c2)c1. The summed E-state index contributed by atoms with van der Waals surface area (Å²) in [7, 11) is 4.69. The number of nitrogens with zero attached hydrogens (tertiary/aromatic N) is 2. The number of amides is 3. The van der Waals surface area contributed by atoms with Crippen molar-refractivity contribution in [2.45, 2.75) is 0 Å². The quantitative estimate of drug-likeness (QED) is 0.280. The Morgan fingerprint density at radius 1 is 0.895 bits per heavy atom. The monoisotopic (exact) mass is 513 g/mol. The van der Waals surface area contributed by atoms with Gasteiger partial charge in [-0.15, -0.1) is 0 Å². The molecule has 0 saturated heterocycles. The molecule has 38 heavy (non-hydrogen) atoms.